The summed E-state index contributed by atoms with van der Waals surface area (Å²) in [5, 5.41) is 0.877. The van der Waals surface area contributed by atoms with Crippen molar-refractivity contribution in [3.63, 3.8) is 0 Å². The van der Waals surface area contributed by atoms with E-state index in [2.05, 4.69) is 0 Å². The Hall–Kier alpha value is 0.217. The van der Waals surface area contributed by atoms with E-state index in [-0.39, 0.29) is 0 Å². The first-order valence-corrected chi connectivity index (χ1v) is 9.81. The Labute approximate surface area is 117 Å². The first-order chi connectivity index (χ1) is 8.81. The Kier molecular flexibility index (Phi) is 4.17. The van der Waals surface area contributed by atoms with Gasteiger partial charge in [0.15, 0.2) is 0 Å². The zero-order valence-electron chi connectivity index (χ0n) is 12.4. The lowest BCUT2D eigenvalue weighted by Crippen LogP contribution is -2.34. The molecule has 3 fully saturated rings. The topological polar surface area (TPSA) is 0 Å². The maximum atomic E-state index is 1.62. The average Bonchev–Trinajstić information content (AvgIpc) is 2.84. The second kappa shape index (κ2) is 5.69. The smallest absolute Gasteiger partial charge is 0.0114 e. The molecule has 0 aromatic rings. The Morgan fingerprint density at radius 2 is 1.28 bits per heavy atom. The lowest BCUT2D eigenvalue weighted by molar-refractivity contribution is 0.147. The Balaban J connectivity index is 1.71. The van der Waals surface area contributed by atoms with Gasteiger partial charge in [0.2, 0.25) is 0 Å². The standard InChI is InChI=1S/C17H32Si/c18-17(15-10-5-2-6-11-15)13-7-12-16(17)14-8-3-1-4-9-14/h14-16H,1-13H2,18H3. The van der Waals surface area contributed by atoms with Gasteiger partial charge in [-0.15, -0.1) is 0 Å². The van der Waals surface area contributed by atoms with Crippen molar-refractivity contribution >= 4 is 10.2 Å². The van der Waals surface area contributed by atoms with Gasteiger partial charge in [0.25, 0.3) is 0 Å². The fraction of sp³-hybridized carbons (Fsp3) is 1.00. The van der Waals surface area contributed by atoms with Crippen LogP contribution in [-0.4, -0.2) is 10.2 Å². The number of hydrogen-bond donors (Lipinski definition) is 0. The van der Waals surface area contributed by atoms with E-state index < -0.39 is 0 Å². The molecule has 3 saturated carbocycles. The highest BCUT2D eigenvalue weighted by Gasteiger charge is 2.47. The monoisotopic (exact) mass is 264 g/mol. The highest BCUT2D eigenvalue weighted by molar-refractivity contribution is 6.15. The molecule has 0 bridgehead atoms. The summed E-state index contributed by atoms with van der Waals surface area (Å²) in [5.41, 5.74) is 0. The van der Waals surface area contributed by atoms with Crippen LogP contribution >= 0.6 is 0 Å². The van der Waals surface area contributed by atoms with Crippen molar-refractivity contribution in [3.8, 4) is 0 Å². The molecule has 1 heteroatoms. The minimum absolute atomic E-state index is 0.877. The highest BCUT2D eigenvalue weighted by atomic mass is 28.1. The summed E-state index contributed by atoms with van der Waals surface area (Å²) in [6.45, 7) is 0. The van der Waals surface area contributed by atoms with Crippen LogP contribution in [-0.2, 0) is 0 Å². The van der Waals surface area contributed by atoms with Crippen molar-refractivity contribution in [2.24, 2.45) is 17.8 Å². The molecule has 104 valence electrons. The molecule has 0 aliphatic heterocycles. The lowest BCUT2D eigenvalue weighted by Gasteiger charge is -2.45. The van der Waals surface area contributed by atoms with Crippen molar-refractivity contribution in [1.29, 1.82) is 0 Å². The first kappa shape index (κ1) is 13.2. The molecule has 0 nitrogen and oxygen atoms in total. The van der Waals surface area contributed by atoms with Gasteiger partial charge in [-0.1, -0.05) is 77.0 Å². The van der Waals surface area contributed by atoms with Crippen LogP contribution in [0.3, 0.4) is 0 Å². The molecule has 2 atom stereocenters. The molecule has 0 saturated heterocycles. The fourth-order valence-corrected chi connectivity index (χ4v) is 7.49. The van der Waals surface area contributed by atoms with Gasteiger partial charge in [0.1, 0.15) is 0 Å². The number of hydrogen-bond acceptors (Lipinski definition) is 0. The van der Waals surface area contributed by atoms with Gasteiger partial charge in [0, 0.05) is 10.2 Å². The average molecular weight is 265 g/mol. The van der Waals surface area contributed by atoms with Gasteiger partial charge in [0.05, 0.1) is 0 Å². The summed E-state index contributed by atoms with van der Waals surface area (Å²) in [5.74, 6) is 3.44. The van der Waals surface area contributed by atoms with Crippen LogP contribution in [0, 0.1) is 17.8 Å². The molecule has 0 aromatic heterocycles. The molecule has 0 aromatic carbocycles. The molecular formula is C17H32Si. The second-order valence-corrected chi connectivity index (χ2v) is 9.60. The predicted octanol–water partition coefficient (Wildman–Crippen LogP) is 4.47. The molecule has 18 heavy (non-hydrogen) atoms. The minimum Gasteiger partial charge on any atom is -0.0533 e. The van der Waals surface area contributed by atoms with Gasteiger partial charge >= 0.3 is 0 Å². The van der Waals surface area contributed by atoms with Gasteiger partial charge in [-0.25, -0.2) is 0 Å². The minimum atomic E-state index is 0.877. The molecule has 0 radical (unpaired) electrons. The van der Waals surface area contributed by atoms with Gasteiger partial charge in [-0.3, -0.25) is 0 Å². The predicted molar refractivity (Wildman–Crippen MR) is 83.1 cm³/mol. The van der Waals surface area contributed by atoms with Crippen molar-refractivity contribution in [3.05, 3.63) is 0 Å². The van der Waals surface area contributed by atoms with Crippen molar-refractivity contribution in [2.75, 3.05) is 0 Å². The Bertz CT molecular complexity index is 263. The van der Waals surface area contributed by atoms with Crippen LogP contribution in [0.2, 0.25) is 5.04 Å². The molecule has 3 aliphatic rings. The third kappa shape index (κ3) is 2.44. The van der Waals surface area contributed by atoms with E-state index in [0.717, 1.165) is 22.8 Å². The largest absolute Gasteiger partial charge is 0.0533 e. The van der Waals surface area contributed by atoms with E-state index in [4.69, 9.17) is 0 Å². The third-order valence-electron chi connectivity index (χ3n) is 6.83. The normalized spacial score (nSPS) is 40.3. The Morgan fingerprint density at radius 3 is 1.94 bits per heavy atom. The van der Waals surface area contributed by atoms with E-state index in [1.165, 1.54) is 23.1 Å². The van der Waals surface area contributed by atoms with Crippen LogP contribution in [0.15, 0.2) is 0 Å². The zero-order valence-corrected chi connectivity index (χ0v) is 14.4. The van der Waals surface area contributed by atoms with E-state index in [1.54, 1.807) is 70.6 Å². The van der Waals surface area contributed by atoms with Crippen molar-refractivity contribution < 1.29 is 0 Å². The summed E-state index contributed by atoms with van der Waals surface area (Å²) in [6.07, 6.45) is 20.4. The van der Waals surface area contributed by atoms with Gasteiger partial charge < -0.3 is 0 Å². The maximum Gasteiger partial charge on any atom is 0.0114 e. The summed E-state index contributed by atoms with van der Waals surface area (Å²) >= 11 is 0. The van der Waals surface area contributed by atoms with Crippen LogP contribution in [0.25, 0.3) is 0 Å². The molecule has 0 spiro atoms. The molecule has 0 heterocycles. The zero-order chi connectivity index (χ0) is 12.4. The molecule has 3 aliphatic carbocycles. The van der Waals surface area contributed by atoms with Gasteiger partial charge in [-0.2, -0.15) is 0 Å². The van der Waals surface area contributed by atoms with Crippen molar-refractivity contribution in [2.45, 2.75) is 88.5 Å². The van der Waals surface area contributed by atoms with Crippen molar-refractivity contribution in [1.82, 2.24) is 0 Å². The fourth-order valence-electron chi connectivity index (χ4n) is 5.80. The van der Waals surface area contributed by atoms with Crippen LogP contribution in [0.5, 0.6) is 0 Å². The summed E-state index contributed by atoms with van der Waals surface area (Å²) in [4.78, 5) is 0. The van der Waals surface area contributed by atoms with Gasteiger partial charge in [-0.05, 0) is 29.2 Å². The highest BCUT2D eigenvalue weighted by Crippen LogP contribution is 2.60. The third-order valence-corrected chi connectivity index (χ3v) is 8.89. The molecule has 2 unspecified atom stereocenters. The second-order valence-electron chi connectivity index (χ2n) is 7.74. The maximum absolute atomic E-state index is 1.62. The lowest BCUT2D eigenvalue weighted by atomic mass is 9.68. The summed E-state index contributed by atoms with van der Waals surface area (Å²) < 4.78 is 0. The van der Waals surface area contributed by atoms with Crippen LogP contribution in [0.1, 0.15) is 83.5 Å². The number of rotatable bonds is 2. The van der Waals surface area contributed by atoms with Crippen LogP contribution in [0.4, 0.5) is 0 Å². The van der Waals surface area contributed by atoms with E-state index in [0.29, 0.717) is 0 Å². The summed E-state index contributed by atoms with van der Waals surface area (Å²) in [7, 11) is 1.49. The molecular weight excluding hydrogens is 232 g/mol. The first-order valence-electron chi connectivity index (χ1n) is 8.81. The molecule has 3 rings (SSSR count). The van der Waals surface area contributed by atoms with E-state index in [9.17, 15) is 0 Å². The Morgan fingerprint density at radius 1 is 0.667 bits per heavy atom. The molecule has 0 amide bonds. The summed E-state index contributed by atoms with van der Waals surface area (Å²) in [6, 6.07) is 0. The van der Waals surface area contributed by atoms with E-state index in [1.807, 2.05) is 0 Å². The SMILES string of the molecule is [SiH3]C1(C2CCCCC2)CCCC1C1CCCCC1. The van der Waals surface area contributed by atoms with Crippen LogP contribution < -0.4 is 0 Å². The quantitative estimate of drug-likeness (QED) is 0.646. The molecule has 0 N–H and O–H groups in total. The van der Waals surface area contributed by atoms with E-state index >= 15 is 0 Å².